The standard InChI is InChI=1S/C21H26N4O.2ClH/c1-14-18(13-23-25(14)21(2,3)4)20(26)24-19(12-22)17-10-9-15-7-5-6-8-16(15)11-17;;/h5-11,13,19H,12,22H2,1-4H3,(H,24,26);2*1H. The van der Waals surface area contributed by atoms with E-state index < -0.39 is 0 Å². The summed E-state index contributed by atoms with van der Waals surface area (Å²) >= 11 is 0. The van der Waals surface area contributed by atoms with Crippen LogP contribution in [0, 0.1) is 6.92 Å². The molecule has 0 aliphatic rings. The van der Waals surface area contributed by atoms with Gasteiger partial charge in [-0.25, -0.2) is 0 Å². The second-order valence-electron chi connectivity index (χ2n) is 7.59. The van der Waals surface area contributed by atoms with Gasteiger partial charge in [-0.3, -0.25) is 9.48 Å². The largest absolute Gasteiger partial charge is 0.344 e. The monoisotopic (exact) mass is 422 g/mol. The molecule has 152 valence electrons. The number of hydrogen-bond donors (Lipinski definition) is 2. The molecule has 1 atom stereocenters. The topological polar surface area (TPSA) is 72.9 Å². The van der Waals surface area contributed by atoms with Gasteiger partial charge in [0.25, 0.3) is 5.91 Å². The van der Waals surface area contributed by atoms with E-state index in [2.05, 4.69) is 55.5 Å². The van der Waals surface area contributed by atoms with Gasteiger partial charge in [-0.2, -0.15) is 5.10 Å². The highest BCUT2D eigenvalue weighted by Gasteiger charge is 2.23. The van der Waals surface area contributed by atoms with Crippen molar-refractivity contribution in [3.05, 3.63) is 65.5 Å². The van der Waals surface area contributed by atoms with Gasteiger partial charge in [-0.1, -0.05) is 36.4 Å². The van der Waals surface area contributed by atoms with Crippen molar-refractivity contribution in [1.82, 2.24) is 15.1 Å². The van der Waals surface area contributed by atoms with Crippen molar-refractivity contribution in [2.24, 2.45) is 5.73 Å². The summed E-state index contributed by atoms with van der Waals surface area (Å²) in [5, 5.41) is 9.73. The van der Waals surface area contributed by atoms with Crippen molar-refractivity contribution < 1.29 is 4.79 Å². The second-order valence-corrected chi connectivity index (χ2v) is 7.59. The fraction of sp³-hybridized carbons (Fsp3) is 0.333. The van der Waals surface area contributed by atoms with Crippen LogP contribution < -0.4 is 11.1 Å². The number of nitrogens with zero attached hydrogens (tertiary/aromatic N) is 2. The van der Waals surface area contributed by atoms with E-state index in [1.807, 2.05) is 29.8 Å². The first-order valence-electron chi connectivity index (χ1n) is 8.86. The molecule has 3 rings (SSSR count). The van der Waals surface area contributed by atoms with Gasteiger partial charge in [0.15, 0.2) is 0 Å². The van der Waals surface area contributed by atoms with Gasteiger partial charge >= 0.3 is 0 Å². The molecule has 1 unspecified atom stereocenters. The smallest absolute Gasteiger partial charge is 0.255 e. The van der Waals surface area contributed by atoms with Crippen LogP contribution in [0.15, 0.2) is 48.7 Å². The van der Waals surface area contributed by atoms with Crippen LogP contribution in [0.2, 0.25) is 0 Å². The maximum atomic E-state index is 12.8. The zero-order valence-electron chi connectivity index (χ0n) is 16.6. The third-order valence-electron chi connectivity index (χ3n) is 4.61. The van der Waals surface area contributed by atoms with Crippen LogP contribution in [0.3, 0.4) is 0 Å². The summed E-state index contributed by atoms with van der Waals surface area (Å²) in [7, 11) is 0. The van der Waals surface area contributed by atoms with Gasteiger partial charge in [-0.15, -0.1) is 24.8 Å². The minimum absolute atomic E-state index is 0. The highest BCUT2D eigenvalue weighted by molar-refractivity contribution is 5.95. The van der Waals surface area contributed by atoms with Gasteiger partial charge in [0.05, 0.1) is 23.3 Å². The number of nitrogens with one attached hydrogen (secondary N) is 1. The maximum absolute atomic E-state index is 12.8. The number of fused-ring (bicyclic) bond motifs is 1. The molecular formula is C21H28Cl2N4O. The Morgan fingerprint density at radius 3 is 2.36 bits per heavy atom. The fourth-order valence-corrected chi connectivity index (χ4v) is 3.25. The molecule has 2 aromatic carbocycles. The quantitative estimate of drug-likeness (QED) is 0.655. The van der Waals surface area contributed by atoms with Crippen LogP contribution >= 0.6 is 24.8 Å². The van der Waals surface area contributed by atoms with Crippen molar-refractivity contribution in [3.63, 3.8) is 0 Å². The van der Waals surface area contributed by atoms with E-state index in [4.69, 9.17) is 5.73 Å². The minimum Gasteiger partial charge on any atom is -0.344 e. The normalized spacial score (nSPS) is 12.0. The predicted molar refractivity (Wildman–Crippen MR) is 120 cm³/mol. The first-order valence-corrected chi connectivity index (χ1v) is 8.86. The SMILES string of the molecule is Cc1c(C(=O)NC(CN)c2ccc3ccccc3c2)cnn1C(C)(C)C.Cl.Cl. The van der Waals surface area contributed by atoms with E-state index in [9.17, 15) is 4.79 Å². The lowest BCUT2D eigenvalue weighted by Crippen LogP contribution is -2.34. The predicted octanol–water partition coefficient (Wildman–Crippen LogP) is 4.37. The molecule has 3 aromatic rings. The van der Waals surface area contributed by atoms with Gasteiger partial charge in [0, 0.05) is 12.2 Å². The lowest BCUT2D eigenvalue weighted by Gasteiger charge is -2.22. The zero-order valence-corrected chi connectivity index (χ0v) is 18.2. The summed E-state index contributed by atoms with van der Waals surface area (Å²) in [5.41, 5.74) is 8.21. The first-order chi connectivity index (χ1) is 12.3. The number of nitrogens with two attached hydrogens (primary N) is 1. The van der Waals surface area contributed by atoms with Crippen LogP contribution in [-0.2, 0) is 5.54 Å². The van der Waals surface area contributed by atoms with Crippen molar-refractivity contribution in [2.75, 3.05) is 6.54 Å². The molecule has 0 bridgehead atoms. The number of rotatable bonds is 4. The summed E-state index contributed by atoms with van der Waals surface area (Å²) in [6.07, 6.45) is 1.63. The summed E-state index contributed by atoms with van der Waals surface area (Å²) in [5.74, 6) is -0.151. The van der Waals surface area contributed by atoms with E-state index in [-0.39, 0.29) is 42.3 Å². The van der Waals surface area contributed by atoms with Crippen LogP contribution in [0.1, 0.15) is 48.4 Å². The first kappa shape index (κ1) is 24.0. The maximum Gasteiger partial charge on any atom is 0.255 e. The fourth-order valence-electron chi connectivity index (χ4n) is 3.25. The van der Waals surface area contributed by atoms with Gasteiger partial charge in [0.2, 0.25) is 0 Å². The van der Waals surface area contributed by atoms with E-state index in [0.29, 0.717) is 12.1 Å². The van der Waals surface area contributed by atoms with Crippen LogP contribution in [0.4, 0.5) is 0 Å². The minimum atomic E-state index is -0.246. The molecule has 0 saturated carbocycles. The van der Waals surface area contributed by atoms with Crippen molar-refractivity contribution >= 4 is 41.5 Å². The van der Waals surface area contributed by atoms with E-state index in [0.717, 1.165) is 16.6 Å². The Bertz CT molecular complexity index is 947. The molecule has 1 heterocycles. The van der Waals surface area contributed by atoms with Crippen molar-refractivity contribution in [1.29, 1.82) is 0 Å². The Kier molecular flexibility index (Phi) is 8.05. The third kappa shape index (κ3) is 4.85. The molecule has 5 nitrogen and oxygen atoms in total. The zero-order chi connectivity index (χ0) is 18.9. The van der Waals surface area contributed by atoms with Gasteiger partial charge in [-0.05, 0) is 50.1 Å². The van der Waals surface area contributed by atoms with Crippen LogP contribution in [0.5, 0.6) is 0 Å². The molecule has 3 N–H and O–H groups in total. The Balaban J connectivity index is 0.00000196. The van der Waals surface area contributed by atoms with Crippen LogP contribution in [-0.4, -0.2) is 22.2 Å². The molecule has 7 heteroatoms. The number of aromatic nitrogens is 2. The van der Waals surface area contributed by atoms with Gasteiger partial charge in [0.1, 0.15) is 0 Å². The third-order valence-corrected chi connectivity index (χ3v) is 4.61. The molecule has 0 spiro atoms. The lowest BCUT2D eigenvalue weighted by atomic mass is 10.0. The van der Waals surface area contributed by atoms with Gasteiger partial charge < -0.3 is 11.1 Å². The number of halogens is 2. The molecule has 0 aliphatic carbocycles. The summed E-state index contributed by atoms with van der Waals surface area (Å²) in [6.45, 7) is 8.43. The number of amides is 1. The van der Waals surface area contributed by atoms with E-state index in [1.54, 1.807) is 6.20 Å². The lowest BCUT2D eigenvalue weighted by molar-refractivity contribution is 0.0937. The van der Waals surface area contributed by atoms with Crippen molar-refractivity contribution in [2.45, 2.75) is 39.3 Å². The summed E-state index contributed by atoms with van der Waals surface area (Å²) in [4.78, 5) is 12.8. The van der Waals surface area contributed by atoms with E-state index >= 15 is 0 Å². The number of hydrogen-bond acceptors (Lipinski definition) is 3. The Labute approximate surface area is 178 Å². The molecule has 1 aromatic heterocycles. The Morgan fingerprint density at radius 2 is 1.79 bits per heavy atom. The number of carbonyl (C=O) groups is 1. The molecular weight excluding hydrogens is 395 g/mol. The summed E-state index contributed by atoms with van der Waals surface area (Å²) in [6, 6.07) is 14.1. The Hall–Kier alpha value is -2.08. The number of benzene rings is 2. The molecule has 28 heavy (non-hydrogen) atoms. The molecule has 0 saturated heterocycles. The highest BCUT2D eigenvalue weighted by Crippen LogP contribution is 2.22. The van der Waals surface area contributed by atoms with Crippen molar-refractivity contribution in [3.8, 4) is 0 Å². The molecule has 0 fully saturated rings. The molecule has 0 radical (unpaired) electrons. The molecule has 1 amide bonds. The average Bonchev–Trinajstić information content (AvgIpc) is 3.01. The average molecular weight is 423 g/mol. The van der Waals surface area contributed by atoms with E-state index in [1.165, 1.54) is 5.39 Å². The highest BCUT2D eigenvalue weighted by atomic mass is 35.5. The Morgan fingerprint density at radius 1 is 1.14 bits per heavy atom. The van der Waals surface area contributed by atoms with Crippen LogP contribution in [0.25, 0.3) is 10.8 Å². The second kappa shape index (κ2) is 9.41. The number of carbonyl (C=O) groups excluding carboxylic acids is 1. The summed E-state index contributed by atoms with van der Waals surface area (Å²) < 4.78 is 1.87. The molecule has 0 aliphatic heterocycles.